The maximum Gasteiger partial charge on any atom is 0.0481 e. The molecule has 0 saturated carbocycles. The van der Waals surface area contributed by atoms with Gasteiger partial charge < -0.3 is 0 Å². The lowest BCUT2D eigenvalue weighted by atomic mass is 10.4. The molecule has 1 rings (SSSR count). The van der Waals surface area contributed by atoms with Crippen molar-refractivity contribution >= 4 is 86.3 Å². The molecule has 0 unspecified atom stereocenters. The van der Waals surface area contributed by atoms with E-state index in [1.807, 2.05) is 6.07 Å². The second kappa shape index (κ2) is 4.39. The van der Waals surface area contributed by atoms with E-state index in [1.165, 1.54) is 3.57 Å². The Morgan fingerprint density at radius 1 is 0.909 bits per heavy atom. The van der Waals surface area contributed by atoms with Crippen LogP contribution in [0.4, 0.5) is 0 Å². The second-order valence-corrected chi connectivity index (χ2v) is 6.18. The maximum atomic E-state index is 3.46. The van der Waals surface area contributed by atoms with Gasteiger partial charge in [0, 0.05) is 21.5 Å². The number of rotatable bonds is 0. The van der Waals surface area contributed by atoms with Gasteiger partial charge in [-0.2, -0.15) is 0 Å². The van der Waals surface area contributed by atoms with Crippen molar-refractivity contribution in [3.8, 4) is 0 Å². The molecule has 0 radical (unpaired) electrons. The van der Waals surface area contributed by atoms with Gasteiger partial charge in [0.15, 0.2) is 0 Å². The Kier molecular flexibility index (Phi) is 4.37. The van der Waals surface area contributed by atoms with Gasteiger partial charge in [-0.3, -0.25) is 0 Å². The Morgan fingerprint density at radius 3 is 2.00 bits per heavy atom. The molecule has 0 atom stereocenters. The summed E-state index contributed by atoms with van der Waals surface area (Å²) < 4.78 is 5.37. The summed E-state index contributed by atoms with van der Waals surface area (Å²) in [5.41, 5.74) is 0. The first-order valence-electron chi connectivity index (χ1n) is 2.52. The zero-order valence-corrected chi connectivity index (χ0v) is 13.5. The van der Waals surface area contributed by atoms with Crippen LogP contribution in [0.3, 0.4) is 0 Å². The van der Waals surface area contributed by atoms with Crippen LogP contribution in [-0.2, 0) is 0 Å². The number of hydrogen-bond donors (Lipinski definition) is 0. The van der Waals surface area contributed by atoms with Crippen molar-refractivity contribution in [3.05, 3.63) is 27.5 Å². The van der Waals surface area contributed by atoms with Gasteiger partial charge in [-0.05, 0) is 92.4 Å². The van der Waals surface area contributed by atoms with E-state index in [4.69, 9.17) is 0 Å². The topological polar surface area (TPSA) is 0 Å². The van der Waals surface area contributed by atoms with E-state index in [9.17, 15) is 0 Å². The molecule has 5 heteroatoms. The number of hydrogen-bond acceptors (Lipinski definition) is 0. The van der Waals surface area contributed by atoms with Gasteiger partial charge in [-0.15, -0.1) is 0 Å². The molecule has 0 nitrogen and oxygen atoms in total. The van der Waals surface area contributed by atoms with Crippen molar-refractivity contribution in [1.82, 2.24) is 0 Å². The molecule has 0 aliphatic heterocycles. The summed E-state index contributed by atoms with van der Waals surface area (Å²) in [6.07, 6.45) is 0. The van der Waals surface area contributed by atoms with Crippen LogP contribution in [0.5, 0.6) is 0 Å². The van der Waals surface area contributed by atoms with Gasteiger partial charge in [0.05, 0.1) is 0 Å². The van der Waals surface area contributed by atoms with Gasteiger partial charge in [0.2, 0.25) is 0 Å². The van der Waals surface area contributed by atoms with E-state index < -0.39 is 0 Å². The quantitative estimate of drug-likeness (QED) is 0.247. The third-order valence-corrected chi connectivity index (χ3v) is 7.31. The first-order valence-corrected chi connectivity index (χ1v) is 6.77. The summed E-state index contributed by atoms with van der Waals surface area (Å²) >= 11 is 16.0. The zero-order valence-electron chi connectivity index (χ0n) is 4.97. The molecular formula is C6HBr4I. The molecule has 60 valence electrons. The van der Waals surface area contributed by atoms with Crippen LogP contribution < -0.4 is 0 Å². The fourth-order valence-corrected chi connectivity index (χ4v) is 3.94. The molecule has 1 aromatic rings. The molecule has 0 bridgehead atoms. The largest absolute Gasteiger partial charge is 0.0495 e. The SMILES string of the molecule is Brc1cc(I)c(Br)c(Br)c1Br. The van der Waals surface area contributed by atoms with Crippen LogP contribution in [0.15, 0.2) is 24.0 Å². The molecular weight excluding hydrogens is 519 g/mol. The van der Waals surface area contributed by atoms with Crippen LogP contribution in [-0.4, -0.2) is 0 Å². The first kappa shape index (κ1) is 10.9. The zero-order chi connectivity index (χ0) is 8.59. The summed E-state index contributed by atoms with van der Waals surface area (Å²) in [7, 11) is 0. The Bertz CT molecular complexity index is 271. The summed E-state index contributed by atoms with van der Waals surface area (Å²) in [6, 6.07) is 2.04. The average Bonchev–Trinajstić information content (AvgIpc) is 1.97. The van der Waals surface area contributed by atoms with Crippen LogP contribution in [0.25, 0.3) is 0 Å². The minimum atomic E-state index is 1.03. The summed E-state index contributed by atoms with van der Waals surface area (Å²) in [5.74, 6) is 0. The molecule has 0 fully saturated rings. The Balaban J connectivity index is 3.46. The highest BCUT2D eigenvalue weighted by atomic mass is 127. The molecule has 0 saturated heterocycles. The van der Waals surface area contributed by atoms with E-state index in [2.05, 4.69) is 86.3 Å². The van der Waals surface area contributed by atoms with Crippen LogP contribution in [0.2, 0.25) is 0 Å². The predicted octanol–water partition coefficient (Wildman–Crippen LogP) is 5.34. The van der Waals surface area contributed by atoms with Crippen molar-refractivity contribution in [2.75, 3.05) is 0 Å². The minimum Gasteiger partial charge on any atom is -0.0495 e. The molecule has 0 heterocycles. The normalized spacial score (nSPS) is 10.3. The fraction of sp³-hybridized carbons (Fsp3) is 0. The Morgan fingerprint density at radius 2 is 1.45 bits per heavy atom. The highest BCUT2D eigenvalue weighted by Gasteiger charge is 2.08. The average molecular weight is 520 g/mol. The van der Waals surface area contributed by atoms with E-state index >= 15 is 0 Å². The van der Waals surface area contributed by atoms with Gasteiger partial charge in [-0.1, -0.05) is 0 Å². The smallest absolute Gasteiger partial charge is 0.0481 e. The van der Waals surface area contributed by atoms with Crippen molar-refractivity contribution in [1.29, 1.82) is 0 Å². The lowest BCUT2D eigenvalue weighted by Crippen LogP contribution is -1.80. The maximum absolute atomic E-state index is 3.46. The lowest BCUT2D eigenvalue weighted by Gasteiger charge is -2.04. The molecule has 0 amide bonds. The highest BCUT2D eigenvalue weighted by Crippen LogP contribution is 2.39. The third kappa shape index (κ3) is 2.42. The molecule has 0 aromatic heterocycles. The summed E-state index contributed by atoms with van der Waals surface area (Å²) in [5, 5.41) is 0. The van der Waals surface area contributed by atoms with E-state index in [0.717, 1.165) is 17.9 Å². The van der Waals surface area contributed by atoms with Crippen LogP contribution in [0, 0.1) is 3.57 Å². The minimum absolute atomic E-state index is 1.03. The van der Waals surface area contributed by atoms with Crippen molar-refractivity contribution in [3.63, 3.8) is 0 Å². The molecule has 11 heavy (non-hydrogen) atoms. The Hall–Kier alpha value is 1.87. The van der Waals surface area contributed by atoms with E-state index in [-0.39, 0.29) is 0 Å². The summed E-state index contributed by atoms with van der Waals surface area (Å²) in [6.45, 7) is 0. The van der Waals surface area contributed by atoms with Gasteiger partial charge in [-0.25, -0.2) is 0 Å². The van der Waals surface area contributed by atoms with Gasteiger partial charge >= 0.3 is 0 Å². The standard InChI is InChI=1S/C6HBr4I/c7-2-1-3(11)5(9)6(10)4(2)8/h1H. The van der Waals surface area contributed by atoms with E-state index in [1.54, 1.807) is 0 Å². The molecule has 0 N–H and O–H groups in total. The molecule has 0 aliphatic carbocycles. The highest BCUT2D eigenvalue weighted by molar-refractivity contribution is 14.1. The fourth-order valence-electron chi connectivity index (χ4n) is 0.544. The molecule has 1 aromatic carbocycles. The van der Waals surface area contributed by atoms with Crippen molar-refractivity contribution < 1.29 is 0 Å². The van der Waals surface area contributed by atoms with Crippen LogP contribution in [0.1, 0.15) is 0 Å². The van der Waals surface area contributed by atoms with Crippen molar-refractivity contribution in [2.24, 2.45) is 0 Å². The lowest BCUT2D eigenvalue weighted by molar-refractivity contribution is 1.45. The molecule has 0 spiro atoms. The van der Waals surface area contributed by atoms with Crippen LogP contribution >= 0.6 is 86.3 Å². The summed E-state index contributed by atoms with van der Waals surface area (Å²) in [4.78, 5) is 0. The second-order valence-electron chi connectivity index (χ2n) is 1.78. The van der Waals surface area contributed by atoms with Gasteiger partial charge in [0.1, 0.15) is 0 Å². The van der Waals surface area contributed by atoms with Gasteiger partial charge in [0.25, 0.3) is 0 Å². The predicted molar refractivity (Wildman–Crippen MR) is 70.0 cm³/mol. The third-order valence-electron chi connectivity index (χ3n) is 1.06. The molecule has 0 aliphatic rings. The van der Waals surface area contributed by atoms with E-state index in [0.29, 0.717) is 0 Å². The first-order chi connectivity index (χ1) is 5.04. The monoisotopic (exact) mass is 516 g/mol. The Labute approximate surface area is 112 Å². The van der Waals surface area contributed by atoms with Crippen molar-refractivity contribution in [2.45, 2.75) is 0 Å². The number of halogens is 5. The number of benzene rings is 1.